The zero-order chi connectivity index (χ0) is 12.3. The van der Waals surface area contributed by atoms with Crippen molar-refractivity contribution in [2.75, 3.05) is 6.54 Å². The Morgan fingerprint density at radius 3 is 2.69 bits per heavy atom. The van der Waals surface area contributed by atoms with Gasteiger partial charge in [-0.05, 0) is 39.7 Å². The van der Waals surface area contributed by atoms with Crippen LogP contribution in [0.1, 0.15) is 34.1 Å². The van der Waals surface area contributed by atoms with Crippen LogP contribution in [-0.2, 0) is 4.74 Å². The van der Waals surface area contributed by atoms with E-state index in [1.807, 2.05) is 33.8 Å². The average molecular weight is 223 g/mol. The molecule has 1 unspecified atom stereocenters. The second kappa shape index (κ2) is 4.73. The van der Waals surface area contributed by atoms with E-state index in [1.54, 1.807) is 4.90 Å². The molecule has 3 heteroatoms. The third kappa shape index (κ3) is 3.40. The van der Waals surface area contributed by atoms with E-state index in [2.05, 4.69) is 12.7 Å². The summed E-state index contributed by atoms with van der Waals surface area (Å²) in [6.45, 7) is 12.1. The highest BCUT2D eigenvalue weighted by atomic mass is 16.6. The van der Waals surface area contributed by atoms with Crippen LogP contribution in [0.3, 0.4) is 0 Å². The number of carbonyl (C=O) groups is 1. The summed E-state index contributed by atoms with van der Waals surface area (Å²) in [5.74, 6) is 0. The van der Waals surface area contributed by atoms with Gasteiger partial charge in [-0.25, -0.2) is 4.79 Å². The van der Waals surface area contributed by atoms with Gasteiger partial charge >= 0.3 is 6.09 Å². The van der Waals surface area contributed by atoms with Crippen molar-refractivity contribution in [2.45, 2.75) is 45.8 Å². The molecule has 1 aliphatic heterocycles. The highest BCUT2D eigenvalue weighted by molar-refractivity contribution is 5.69. The van der Waals surface area contributed by atoms with Crippen LogP contribution < -0.4 is 0 Å². The standard InChI is InChI=1S/C13H21NO2/c1-6-11-7-8-14(10(2)9-11)12(15)16-13(3,4)5/h6,9-10H,1,7-8H2,2-5H3. The Kier molecular flexibility index (Phi) is 3.79. The van der Waals surface area contributed by atoms with Crippen molar-refractivity contribution < 1.29 is 9.53 Å². The predicted molar refractivity (Wildman–Crippen MR) is 65.3 cm³/mol. The molecule has 1 aliphatic rings. The summed E-state index contributed by atoms with van der Waals surface area (Å²) in [7, 11) is 0. The topological polar surface area (TPSA) is 29.5 Å². The van der Waals surface area contributed by atoms with Gasteiger partial charge in [-0.15, -0.1) is 0 Å². The van der Waals surface area contributed by atoms with Crippen molar-refractivity contribution in [1.29, 1.82) is 0 Å². The van der Waals surface area contributed by atoms with Gasteiger partial charge in [0.15, 0.2) is 0 Å². The molecule has 0 aliphatic carbocycles. The van der Waals surface area contributed by atoms with Crippen LogP contribution >= 0.6 is 0 Å². The molecule has 0 saturated carbocycles. The number of hydrogen-bond acceptors (Lipinski definition) is 2. The van der Waals surface area contributed by atoms with E-state index in [1.165, 1.54) is 5.57 Å². The second-order valence-electron chi connectivity index (χ2n) is 5.11. The second-order valence-corrected chi connectivity index (χ2v) is 5.11. The Morgan fingerprint density at radius 2 is 2.25 bits per heavy atom. The molecule has 0 saturated heterocycles. The third-order valence-electron chi connectivity index (χ3n) is 2.48. The zero-order valence-corrected chi connectivity index (χ0v) is 10.6. The summed E-state index contributed by atoms with van der Waals surface area (Å²) in [4.78, 5) is 13.6. The molecule has 0 aromatic rings. The largest absolute Gasteiger partial charge is 0.444 e. The number of ether oxygens (including phenoxy) is 1. The molecule has 0 spiro atoms. The van der Waals surface area contributed by atoms with Crippen molar-refractivity contribution in [2.24, 2.45) is 0 Å². The smallest absolute Gasteiger partial charge is 0.410 e. The Labute approximate surface area is 97.8 Å². The normalized spacial score (nSPS) is 21.4. The lowest BCUT2D eigenvalue weighted by atomic mass is 10.0. The summed E-state index contributed by atoms with van der Waals surface area (Å²) in [5.41, 5.74) is 0.770. The molecule has 16 heavy (non-hydrogen) atoms. The molecule has 0 N–H and O–H groups in total. The van der Waals surface area contributed by atoms with Gasteiger partial charge < -0.3 is 9.64 Å². The maximum absolute atomic E-state index is 11.9. The fourth-order valence-electron chi connectivity index (χ4n) is 1.68. The molecule has 1 atom stereocenters. The van der Waals surface area contributed by atoms with Crippen LogP contribution in [-0.4, -0.2) is 29.2 Å². The summed E-state index contributed by atoms with van der Waals surface area (Å²) in [6, 6.07) is 0.0802. The van der Waals surface area contributed by atoms with E-state index in [0.29, 0.717) is 6.54 Å². The van der Waals surface area contributed by atoms with E-state index in [4.69, 9.17) is 4.74 Å². The molecule has 3 nitrogen and oxygen atoms in total. The Hall–Kier alpha value is -1.25. The molecular weight excluding hydrogens is 202 g/mol. The van der Waals surface area contributed by atoms with Gasteiger partial charge in [-0.3, -0.25) is 0 Å². The lowest BCUT2D eigenvalue weighted by molar-refractivity contribution is 0.0204. The van der Waals surface area contributed by atoms with Gasteiger partial charge in [0.25, 0.3) is 0 Å². The Morgan fingerprint density at radius 1 is 1.62 bits per heavy atom. The fourth-order valence-corrected chi connectivity index (χ4v) is 1.68. The van der Waals surface area contributed by atoms with Crippen LogP contribution in [0.5, 0.6) is 0 Å². The number of carbonyl (C=O) groups excluding carboxylic acids is 1. The van der Waals surface area contributed by atoms with Gasteiger partial charge in [-0.1, -0.05) is 18.7 Å². The highest BCUT2D eigenvalue weighted by Crippen LogP contribution is 2.19. The maximum atomic E-state index is 11.9. The molecule has 1 heterocycles. The number of amides is 1. The molecule has 0 aromatic carbocycles. The minimum absolute atomic E-state index is 0.0802. The van der Waals surface area contributed by atoms with Gasteiger partial charge in [0.2, 0.25) is 0 Å². The van der Waals surface area contributed by atoms with Crippen LogP contribution in [0.25, 0.3) is 0 Å². The number of nitrogens with zero attached hydrogens (tertiary/aromatic N) is 1. The van der Waals surface area contributed by atoms with Crippen LogP contribution in [0.2, 0.25) is 0 Å². The molecule has 0 fully saturated rings. The van der Waals surface area contributed by atoms with Crippen molar-refractivity contribution in [3.8, 4) is 0 Å². The van der Waals surface area contributed by atoms with E-state index < -0.39 is 5.60 Å². The van der Waals surface area contributed by atoms with Gasteiger partial charge in [0.1, 0.15) is 5.60 Å². The van der Waals surface area contributed by atoms with Crippen molar-refractivity contribution in [3.63, 3.8) is 0 Å². The quantitative estimate of drug-likeness (QED) is 0.683. The minimum atomic E-state index is -0.431. The summed E-state index contributed by atoms with van der Waals surface area (Å²) in [6.07, 6.45) is 4.52. The fraction of sp³-hybridized carbons (Fsp3) is 0.615. The molecule has 1 amide bonds. The number of hydrogen-bond donors (Lipinski definition) is 0. The zero-order valence-electron chi connectivity index (χ0n) is 10.6. The summed E-state index contributed by atoms with van der Waals surface area (Å²) < 4.78 is 5.35. The van der Waals surface area contributed by atoms with E-state index in [-0.39, 0.29) is 12.1 Å². The first-order valence-electron chi connectivity index (χ1n) is 5.66. The van der Waals surface area contributed by atoms with Crippen molar-refractivity contribution in [3.05, 3.63) is 24.3 Å². The van der Waals surface area contributed by atoms with E-state index in [9.17, 15) is 4.79 Å². The summed E-state index contributed by atoms with van der Waals surface area (Å²) >= 11 is 0. The molecule has 0 aromatic heterocycles. The number of allylic oxidation sites excluding steroid dienone is 1. The molecule has 1 rings (SSSR count). The molecule has 0 bridgehead atoms. The average Bonchev–Trinajstić information content (AvgIpc) is 2.14. The van der Waals surface area contributed by atoms with Crippen molar-refractivity contribution >= 4 is 6.09 Å². The number of rotatable bonds is 1. The first-order chi connectivity index (χ1) is 7.33. The lowest BCUT2D eigenvalue weighted by Gasteiger charge is -2.33. The van der Waals surface area contributed by atoms with Crippen molar-refractivity contribution in [1.82, 2.24) is 4.90 Å². The van der Waals surface area contributed by atoms with Crippen LogP contribution in [0, 0.1) is 0 Å². The first kappa shape index (κ1) is 12.8. The first-order valence-corrected chi connectivity index (χ1v) is 5.66. The van der Waals surface area contributed by atoms with Crippen LogP contribution in [0.15, 0.2) is 24.3 Å². The Balaban J connectivity index is 2.66. The molecular formula is C13H21NO2. The van der Waals surface area contributed by atoms with Gasteiger partial charge in [0.05, 0.1) is 6.04 Å². The monoisotopic (exact) mass is 223 g/mol. The Bertz CT molecular complexity index is 312. The van der Waals surface area contributed by atoms with E-state index >= 15 is 0 Å². The van der Waals surface area contributed by atoms with Gasteiger partial charge in [-0.2, -0.15) is 0 Å². The lowest BCUT2D eigenvalue weighted by Crippen LogP contribution is -2.43. The predicted octanol–water partition coefficient (Wildman–Crippen LogP) is 3.13. The maximum Gasteiger partial charge on any atom is 0.410 e. The van der Waals surface area contributed by atoms with Crippen LogP contribution in [0.4, 0.5) is 4.79 Å². The highest BCUT2D eigenvalue weighted by Gasteiger charge is 2.27. The molecule has 90 valence electrons. The summed E-state index contributed by atoms with van der Waals surface area (Å²) in [5, 5.41) is 0. The molecule has 0 radical (unpaired) electrons. The minimum Gasteiger partial charge on any atom is -0.444 e. The third-order valence-corrected chi connectivity index (χ3v) is 2.48. The van der Waals surface area contributed by atoms with E-state index in [0.717, 1.165) is 6.42 Å². The van der Waals surface area contributed by atoms with Gasteiger partial charge in [0, 0.05) is 6.54 Å². The SMILES string of the molecule is C=CC1=CC(C)N(C(=O)OC(C)(C)C)CC1.